The van der Waals surface area contributed by atoms with E-state index in [1.165, 1.54) is 17.7 Å². The number of hydrogen-bond acceptors (Lipinski definition) is 5. The lowest BCUT2D eigenvalue weighted by molar-refractivity contribution is 0.0997. The summed E-state index contributed by atoms with van der Waals surface area (Å²) in [5, 5.41) is 3.72. The van der Waals surface area contributed by atoms with E-state index in [2.05, 4.69) is 22.2 Å². The molecule has 1 aliphatic carbocycles. The van der Waals surface area contributed by atoms with Gasteiger partial charge in [0.2, 0.25) is 10.0 Å². The molecule has 3 aromatic carbocycles. The standard InChI is InChI=1S/C26H24N2O4S2/c29-26(27-20-9-6-10-21(15-20)34(30,31)28-19-13-14-19)25-23(22-11-4-5-12-24(22)32-25)17-33-16-18-7-2-1-3-8-18/h1-12,15,19,28H,13-14,16-17H2,(H,27,29). The molecule has 1 aromatic heterocycles. The van der Waals surface area contributed by atoms with Crippen LogP contribution in [0.1, 0.15) is 34.5 Å². The van der Waals surface area contributed by atoms with Crippen LogP contribution in [0.15, 0.2) is 88.2 Å². The van der Waals surface area contributed by atoms with Crippen molar-refractivity contribution < 1.29 is 17.6 Å². The smallest absolute Gasteiger partial charge is 0.291 e. The molecule has 174 valence electrons. The Labute approximate surface area is 202 Å². The van der Waals surface area contributed by atoms with E-state index < -0.39 is 15.9 Å². The van der Waals surface area contributed by atoms with E-state index in [1.54, 1.807) is 23.9 Å². The summed E-state index contributed by atoms with van der Waals surface area (Å²) in [6, 6.07) is 24.0. The fourth-order valence-corrected chi connectivity index (χ4v) is 6.06. The van der Waals surface area contributed by atoms with Crippen molar-refractivity contribution in [3.8, 4) is 0 Å². The summed E-state index contributed by atoms with van der Waals surface area (Å²) in [6.45, 7) is 0. The lowest BCUT2D eigenvalue weighted by Gasteiger charge is -2.09. The molecule has 0 saturated heterocycles. The van der Waals surface area contributed by atoms with E-state index in [0.29, 0.717) is 17.0 Å². The second-order valence-electron chi connectivity index (χ2n) is 8.26. The topological polar surface area (TPSA) is 88.4 Å². The van der Waals surface area contributed by atoms with Gasteiger partial charge in [-0.1, -0.05) is 54.6 Å². The highest BCUT2D eigenvalue weighted by Crippen LogP contribution is 2.31. The third-order valence-electron chi connectivity index (χ3n) is 5.56. The summed E-state index contributed by atoms with van der Waals surface area (Å²) in [5.74, 6) is 1.26. The largest absolute Gasteiger partial charge is 0.451 e. The molecule has 0 aliphatic heterocycles. The van der Waals surface area contributed by atoms with Gasteiger partial charge in [-0.15, -0.1) is 0 Å². The van der Waals surface area contributed by atoms with E-state index in [4.69, 9.17) is 4.42 Å². The van der Waals surface area contributed by atoms with Crippen molar-refractivity contribution in [2.24, 2.45) is 0 Å². The number of benzene rings is 3. The molecule has 0 spiro atoms. The van der Waals surface area contributed by atoms with Crippen LogP contribution >= 0.6 is 11.8 Å². The second-order valence-corrected chi connectivity index (χ2v) is 11.0. The van der Waals surface area contributed by atoms with E-state index in [9.17, 15) is 13.2 Å². The Morgan fingerprint density at radius 2 is 1.71 bits per heavy atom. The van der Waals surface area contributed by atoms with Crippen LogP contribution in [0.25, 0.3) is 11.0 Å². The summed E-state index contributed by atoms with van der Waals surface area (Å²) in [6.07, 6.45) is 1.71. The lowest BCUT2D eigenvalue weighted by Crippen LogP contribution is -2.25. The number of amides is 1. The zero-order chi connectivity index (χ0) is 23.5. The van der Waals surface area contributed by atoms with Gasteiger partial charge >= 0.3 is 0 Å². The van der Waals surface area contributed by atoms with Crippen LogP contribution in [0.5, 0.6) is 0 Å². The number of fused-ring (bicyclic) bond motifs is 1. The first kappa shape index (κ1) is 22.7. The molecule has 0 unspecified atom stereocenters. The van der Waals surface area contributed by atoms with Crippen LogP contribution in [0, 0.1) is 0 Å². The molecule has 6 nitrogen and oxygen atoms in total. The maximum absolute atomic E-state index is 13.2. The van der Waals surface area contributed by atoms with E-state index >= 15 is 0 Å². The monoisotopic (exact) mass is 492 g/mol. The number of furan rings is 1. The highest BCUT2D eigenvalue weighted by atomic mass is 32.2. The summed E-state index contributed by atoms with van der Waals surface area (Å²) < 4.78 is 33.7. The molecule has 1 saturated carbocycles. The Kier molecular flexibility index (Phi) is 6.45. The predicted molar refractivity (Wildman–Crippen MR) is 135 cm³/mol. The fraction of sp³-hybridized carbons (Fsp3) is 0.192. The highest BCUT2D eigenvalue weighted by Gasteiger charge is 2.28. The van der Waals surface area contributed by atoms with Crippen molar-refractivity contribution in [2.45, 2.75) is 35.3 Å². The van der Waals surface area contributed by atoms with Crippen LogP contribution in [0.4, 0.5) is 5.69 Å². The molecular formula is C26H24N2O4S2. The van der Waals surface area contributed by atoms with Crippen LogP contribution in [-0.2, 0) is 21.5 Å². The molecular weight excluding hydrogens is 468 g/mol. The van der Waals surface area contributed by atoms with Gasteiger partial charge in [-0.05, 0) is 42.7 Å². The summed E-state index contributed by atoms with van der Waals surface area (Å²) in [5.41, 5.74) is 3.08. The lowest BCUT2D eigenvalue weighted by atomic mass is 10.1. The Morgan fingerprint density at radius 1 is 0.941 bits per heavy atom. The zero-order valence-corrected chi connectivity index (χ0v) is 20.0. The molecule has 1 heterocycles. The van der Waals surface area contributed by atoms with Crippen molar-refractivity contribution >= 4 is 44.3 Å². The molecule has 1 aliphatic rings. The third-order valence-corrected chi connectivity index (χ3v) is 8.11. The van der Waals surface area contributed by atoms with Crippen LogP contribution in [0.2, 0.25) is 0 Å². The maximum Gasteiger partial charge on any atom is 0.291 e. The molecule has 34 heavy (non-hydrogen) atoms. The van der Waals surface area contributed by atoms with Crippen molar-refractivity contribution in [2.75, 3.05) is 5.32 Å². The molecule has 1 fully saturated rings. The minimum Gasteiger partial charge on any atom is -0.451 e. The molecule has 0 atom stereocenters. The number of carbonyl (C=O) groups excluding carboxylic acids is 1. The average molecular weight is 493 g/mol. The Hall–Kier alpha value is -3.07. The third kappa shape index (κ3) is 5.19. The average Bonchev–Trinajstić information content (AvgIpc) is 3.57. The minimum atomic E-state index is -3.62. The molecule has 1 amide bonds. The van der Waals surface area contributed by atoms with Gasteiger partial charge < -0.3 is 9.73 Å². The number of carbonyl (C=O) groups is 1. The molecule has 0 radical (unpaired) electrons. The number of thioether (sulfide) groups is 1. The van der Waals surface area contributed by atoms with Gasteiger partial charge in [0.1, 0.15) is 5.58 Å². The van der Waals surface area contributed by atoms with E-state index in [0.717, 1.165) is 29.5 Å². The fourth-order valence-electron chi connectivity index (χ4n) is 3.69. The first-order valence-corrected chi connectivity index (χ1v) is 13.7. The molecule has 0 bridgehead atoms. The SMILES string of the molecule is O=C(Nc1cccc(S(=O)(=O)NC2CC2)c1)c1oc2ccccc2c1CSCc1ccccc1. The second kappa shape index (κ2) is 9.66. The zero-order valence-electron chi connectivity index (χ0n) is 18.4. The number of rotatable bonds is 9. The summed E-state index contributed by atoms with van der Waals surface area (Å²) in [7, 11) is -3.62. The Morgan fingerprint density at radius 3 is 2.50 bits per heavy atom. The van der Waals surface area contributed by atoms with E-state index in [1.807, 2.05) is 42.5 Å². The van der Waals surface area contributed by atoms with Crippen molar-refractivity contribution in [1.82, 2.24) is 4.72 Å². The first-order chi connectivity index (χ1) is 16.5. The molecule has 5 rings (SSSR count). The number of para-hydroxylation sites is 1. The van der Waals surface area contributed by atoms with E-state index in [-0.39, 0.29) is 16.7 Å². The van der Waals surface area contributed by atoms with Gasteiger partial charge in [0.05, 0.1) is 4.90 Å². The predicted octanol–water partition coefficient (Wildman–Crippen LogP) is 5.56. The Balaban J connectivity index is 1.37. The Bertz CT molecular complexity index is 1430. The normalized spacial score (nSPS) is 13.8. The summed E-state index contributed by atoms with van der Waals surface area (Å²) in [4.78, 5) is 13.3. The molecule has 4 aromatic rings. The van der Waals surface area contributed by atoms with Gasteiger partial charge in [0.25, 0.3) is 5.91 Å². The minimum absolute atomic E-state index is 0.00902. The number of anilines is 1. The van der Waals surface area contributed by atoms with Crippen molar-refractivity contribution in [3.05, 3.63) is 95.7 Å². The number of sulfonamides is 1. The number of hydrogen-bond donors (Lipinski definition) is 2. The number of nitrogens with one attached hydrogen (secondary N) is 2. The van der Waals surface area contributed by atoms with Gasteiger partial charge in [0, 0.05) is 34.2 Å². The highest BCUT2D eigenvalue weighted by molar-refractivity contribution is 7.97. The van der Waals surface area contributed by atoms with Crippen LogP contribution in [-0.4, -0.2) is 20.4 Å². The van der Waals surface area contributed by atoms with Gasteiger partial charge in [-0.3, -0.25) is 4.79 Å². The van der Waals surface area contributed by atoms with Crippen LogP contribution in [0.3, 0.4) is 0 Å². The first-order valence-electron chi connectivity index (χ1n) is 11.1. The van der Waals surface area contributed by atoms with Crippen molar-refractivity contribution in [1.29, 1.82) is 0 Å². The van der Waals surface area contributed by atoms with Gasteiger partial charge in [0.15, 0.2) is 5.76 Å². The van der Waals surface area contributed by atoms with Crippen LogP contribution < -0.4 is 10.0 Å². The van der Waals surface area contributed by atoms with Crippen molar-refractivity contribution in [3.63, 3.8) is 0 Å². The quantitative estimate of drug-likeness (QED) is 0.319. The van der Waals surface area contributed by atoms with Gasteiger partial charge in [-0.2, -0.15) is 11.8 Å². The molecule has 8 heteroatoms. The molecule has 2 N–H and O–H groups in total. The van der Waals surface area contributed by atoms with Gasteiger partial charge in [-0.25, -0.2) is 13.1 Å². The summed E-state index contributed by atoms with van der Waals surface area (Å²) >= 11 is 1.71. The maximum atomic E-state index is 13.2.